The lowest BCUT2D eigenvalue weighted by molar-refractivity contribution is 0.302. The fourth-order valence-electron chi connectivity index (χ4n) is 4.15. The first-order valence-electron chi connectivity index (χ1n) is 13.0. The summed E-state index contributed by atoms with van der Waals surface area (Å²) in [7, 11) is 0. The third-order valence-electron chi connectivity index (χ3n) is 6.16. The Hall–Kier alpha value is -3.23. The summed E-state index contributed by atoms with van der Waals surface area (Å²) in [6, 6.07) is 8.15. The highest BCUT2D eigenvalue weighted by Gasteiger charge is 2.07. The van der Waals surface area contributed by atoms with Crippen LogP contribution in [0.15, 0.2) is 46.6 Å². The molecule has 1 aliphatic rings. The van der Waals surface area contributed by atoms with Gasteiger partial charge in [-0.3, -0.25) is 15.4 Å². The van der Waals surface area contributed by atoms with Crippen LogP contribution >= 0.6 is 0 Å². The van der Waals surface area contributed by atoms with E-state index in [1.165, 1.54) is 19.3 Å². The van der Waals surface area contributed by atoms with Gasteiger partial charge in [-0.15, -0.1) is 0 Å². The summed E-state index contributed by atoms with van der Waals surface area (Å²) < 4.78 is 9.97. The lowest BCUT2D eigenvalue weighted by Crippen LogP contribution is -2.30. The minimum Gasteiger partial charge on any atom is -0.494 e. The van der Waals surface area contributed by atoms with Crippen LogP contribution in [-0.4, -0.2) is 47.2 Å². The van der Waals surface area contributed by atoms with Gasteiger partial charge in [0.1, 0.15) is 11.6 Å². The van der Waals surface area contributed by atoms with Crippen molar-refractivity contribution in [2.45, 2.75) is 70.9 Å². The third-order valence-corrected chi connectivity index (χ3v) is 6.16. The van der Waals surface area contributed by atoms with Gasteiger partial charge in [0.25, 0.3) is 0 Å². The maximum absolute atomic E-state index is 8.42. The van der Waals surface area contributed by atoms with Gasteiger partial charge in [-0.1, -0.05) is 25.7 Å². The van der Waals surface area contributed by atoms with Crippen molar-refractivity contribution in [1.29, 1.82) is 5.41 Å². The standard InChI is InChI=1S/C26H42N8O/c27-25(28)32-14-5-3-1-2-4-6-17-33-19-20-34(26(33)29)18-7-8-21-35-23-12-10-22(11-13-23)24-30-15-9-16-31-24/h10-13,19-20,29H,1-9,14-18,21H2,(H,30,31)(H4,27,28,32). The Balaban J connectivity index is 1.25. The van der Waals surface area contributed by atoms with E-state index in [-0.39, 0.29) is 5.96 Å². The van der Waals surface area contributed by atoms with Crippen LogP contribution < -0.4 is 27.1 Å². The molecule has 1 aromatic carbocycles. The molecule has 2 heterocycles. The van der Waals surface area contributed by atoms with Crippen LogP contribution in [0, 0.1) is 5.41 Å². The number of ether oxygens (including phenoxy) is 1. The van der Waals surface area contributed by atoms with Crippen molar-refractivity contribution >= 4 is 11.8 Å². The van der Waals surface area contributed by atoms with E-state index in [4.69, 9.17) is 21.6 Å². The van der Waals surface area contributed by atoms with E-state index < -0.39 is 0 Å². The monoisotopic (exact) mass is 482 g/mol. The molecule has 0 aliphatic carbocycles. The van der Waals surface area contributed by atoms with Crippen LogP contribution in [-0.2, 0) is 13.1 Å². The number of rotatable bonds is 16. The average molecular weight is 483 g/mol. The minimum atomic E-state index is 0.179. The Morgan fingerprint density at radius 2 is 1.60 bits per heavy atom. The highest BCUT2D eigenvalue weighted by Crippen LogP contribution is 2.14. The molecule has 0 saturated carbocycles. The van der Waals surface area contributed by atoms with Crippen molar-refractivity contribution in [1.82, 2.24) is 14.5 Å². The summed E-state index contributed by atoms with van der Waals surface area (Å²) in [6.45, 7) is 5.03. The zero-order valence-corrected chi connectivity index (χ0v) is 20.9. The maximum atomic E-state index is 8.42. The van der Waals surface area contributed by atoms with Crippen LogP contribution in [0.4, 0.5) is 0 Å². The van der Waals surface area contributed by atoms with Crippen molar-refractivity contribution in [3.05, 3.63) is 47.8 Å². The molecule has 0 bridgehead atoms. The molecule has 0 atom stereocenters. The fraction of sp³-hybridized carbons (Fsp3) is 0.577. The van der Waals surface area contributed by atoms with Crippen molar-refractivity contribution < 1.29 is 4.74 Å². The van der Waals surface area contributed by atoms with E-state index in [2.05, 4.69) is 27.4 Å². The Labute approximate surface area is 208 Å². The number of unbranched alkanes of at least 4 members (excludes halogenated alkanes) is 6. The van der Waals surface area contributed by atoms with Gasteiger partial charge in [0.2, 0.25) is 5.62 Å². The summed E-state index contributed by atoms with van der Waals surface area (Å²) in [5.74, 6) is 2.05. The van der Waals surface area contributed by atoms with Crippen LogP contribution in [0.25, 0.3) is 0 Å². The molecule has 1 aromatic heterocycles. The smallest absolute Gasteiger partial charge is 0.202 e. The first kappa shape index (κ1) is 26.4. The number of aryl methyl sites for hydroxylation is 2. The Bertz CT molecular complexity index is 986. The van der Waals surface area contributed by atoms with Crippen molar-refractivity contribution in [3.8, 4) is 5.75 Å². The maximum Gasteiger partial charge on any atom is 0.202 e. The molecule has 0 saturated heterocycles. The first-order chi connectivity index (χ1) is 17.1. The largest absolute Gasteiger partial charge is 0.494 e. The lowest BCUT2D eigenvalue weighted by Gasteiger charge is -2.15. The van der Waals surface area contributed by atoms with E-state index in [9.17, 15) is 0 Å². The number of aromatic nitrogens is 2. The number of benzene rings is 1. The molecule has 1 aliphatic heterocycles. The number of nitrogens with two attached hydrogens (primary N) is 2. The second-order valence-electron chi connectivity index (χ2n) is 9.03. The van der Waals surface area contributed by atoms with E-state index >= 15 is 0 Å². The van der Waals surface area contributed by atoms with Gasteiger partial charge < -0.3 is 30.7 Å². The average Bonchev–Trinajstić information content (AvgIpc) is 3.22. The molecule has 9 heteroatoms. The molecule has 0 unspecified atom stereocenters. The number of imidazole rings is 1. The number of hydrogen-bond acceptors (Lipinski definition) is 5. The molecule has 0 amide bonds. The predicted molar refractivity (Wildman–Crippen MR) is 142 cm³/mol. The van der Waals surface area contributed by atoms with E-state index in [1.54, 1.807) is 0 Å². The number of nitrogens with one attached hydrogen (secondary N) is 2. The fourth-order valence-corrected chi connectivity index (χ4v) is 4.15. The zero-order valence-electron chi connectivity index (χ0n) is 20.9. The van der Waals surface area contributed by atoms with Crippen LogP contribution in [0.2, 0.25) is 0 Å². The van der Waals surface area contributed by atoms with Crippen molar-refractivity contribution in [2.75, 3.05) is 26.2 Å². The number of hydrogen-bond donors (Lipinski definition) is 4. The Morgan fingerprint density at radius 1 is 0.943 bits per heavy atom. The number of guanidine groups is 1. The number of aliphatic imine (C=N–C) groups is 2. The number of amidine groups is 1. The molecule has 35 heavy (non-hydrogen) atoms. The summed E-state index contributed by atoms with van der Waals surface area (Å²) in [5, 5.41) is 11.8. The molecule has 6 N–H and O–H groups in total. The second-order valence-corrected chi connectivity index (χ2v) is 9.03. The van der Waals surface area contributed by atoms with Crippen LogP contribution in [0.5, 0.6) is 5.75 Å². The zero-order chi connectivity index (χ0) is 24.7. The minimum absolute atomic E-state index is 0.179. The van der Waals surface area contributed by atoms with Crippen LogP contribution in [0.1, 0.15) is 63.4 Å². The van der Waals surface area contributed by atoms with Crippen molar-refractivity contribution in [3.63, 3.8) is 0 Å². The van der Waals surface area contributed by atoms with Gasteiger partial charge in [0.05, 0.1) is 6.61 Å². The number of nitrogens with zero attached hydrogens (tertiary/aromatic N) is 4. The van der Waals surface area contributed by atoms with Gasteiger partial charge in [0, 0.05) is 50.7 Å². The van der Waals surface area contributed by atoms with Gasteiger partial charge in [-0.25, -0.2) is 0 Å². The lowest BCUT2D eigenvalue weighted by atomic mass is 10.1. The highest BCUT2D eigenvalue weighted by atomic mass is 16.5. The summed E-state index contributed by atoms with van der Waals surface area (Å²) in [4.78, 5) is 8.54. The Kier molecular flexibility index (Phi) is 11.2. The topological polar surface area (TPSA) is 132 Å². The Morgan fingerprint density at radius 3 is 2.26 bits per heavy atom. The normalized spacial score (nSPS) is 13.2. The summed E-state index contributed by atoms with van der Waals surface area (Å²) >= 11 is 0. The van der Waals surface area contributed by atoms with Gasteiger partial charge >= 0.3 is 0 Å². The van der Waals surface area contributed by atoms with Gasteiger partial charge in [-0.05, 0) is 56.4 Å². The molecule has 9 nitrogen and oxygen atoms in total. The van der Waals surface area contributed by atoms with E-state index in [1.807, 2.05) is 33.7 Å². The summed E-state index contributed by atoms with van der Waals surface area (Å²) in [5.41, 5.74) is 12.3. The third kappa shape index (κ3) is 9.50. The van der Waals surface area contributed by atoms with Crippen molar-refractivity contribution in [2.24, 2.45) is 21.5 Å². The SMILES string of the molecule is N=c1n(CCCCCCCCN=C(N)N)ccn1CCCCOc1ccc(C2=NCCCN2)cc1. The molecule has 2 aromatic rings. The molecule has 192 valence electrons. The van der Waals surface area contributed by atoms with Gasteiger partial charge in [-0.2, -0.15) is 0 Å². The molecule has 0 radical (unpaired) electrons. The second kappa shape index (κ2) is 14.9. The molecule has 0 spiro atoms. The molecule has 0 fully saturated rings. The predicted octanol–water partition coefficient (Wildman–Crippen LogP) is 2.98. The van der Waals surface area contributed by atoms with E-state index in [0.29, 0.717) is 12.2 Å². The van der Waals surface area contributed by atoms with Gasteiger partial charge in [0.15, 0.2) is 5.96 Å². The molecule has 3 rings (SSSR count). The summed E-state index contributed by atoms with van der Waals surface area (Å²) in [6.07, 6.45) is 14.0. The molecular weight excluding hydrogens is 440 g/mol. The molecular formula is C26H42N8O. The van der Waals surface area contributed by atoms with Crippen LogP contribution in [0.3, 0.4) is 0 Å². The quantitative estimate of drug-likeness (QED) is 0.166. The highest BCUT2D eigenvalue weighted by molar-refractivity contribution is 5.99. The van der Waals surface area contributed by atoms with E-state index in [0.717, 1.165) is 88.4 Å². The first-order valence-corrected chi connectivity index (χ1v) is 13.0.